The fourth-order valence-corrected chi connectivity index (χ4v) is 3.17. The summed E-state index contributed by atoms with van der Waals surface area (Å²) < 4.78 is 0.984. The molecule has 1 aromatic carbocycles. The molecule has 1 aromatic heterocycles. The Labute approximate surface area is 131 Å². The molecule has 0 atom stereocenters. The third-order valence-corrected chi connectivity index (χ3v) is 4.73. The second-order valence-electron chi connectivity index (χ2n) is 3.63. The fraction of sp³-hybridized carbons (Fsp3) is 0.0909. The van der Waals surface area contributed by atoms with Crippen LogP contribution in [0.15, 0.2) is 28.1 Å². The Morgan fingerprint density at radius 2 is 2.00 bits per heavy atom. The first-order chi connectivity index (χ1) is 8.97. The molecule has 1 heterocycles. The minimum atomic E-state index is -0.491. The fourth-order valence-electron chi connectivity index (χ4n) is 1.46. The van der Waals surface area contributed by atoms with Gasteiger partial charge in [0.05, 0.1) is 15.0 Å². The quantitative estimate of drug-likeness (QED) is 0.574. The number of nitro groups is 1. The molecule has 0 bridgehead atoms. The summed E-state index contributed by atoms with van der Waals surface area (Å²) in [6.07, 6.45) is 0. The van der Waals surface area contributed by atoms with Crippen LogP contribution in [0.4, 0.5) is 11.4 Å². The van der Waals surface area contributed by atoms with Crippen molar-refractivity contribution in [1.82, 2.24) is 0 Å². The van der Waals surface area contributed by atoms with Crippen molar-refractivity contribution < 1.29 is 4.92 Å². The van der Waals surface area contributed by atoms with Gasteiger partial charge < -0.3 is 5.32 Å². The monoisotopic (exact) mass is 380 g/mol. The molecule has 0 fully saturated rings. The lowest BCUT2D eigenvalue weighted by Gasteiger charge is -2.07. The van der Waals surface area contributed by atoms with Crippen LogP contribution in [0.2, 0.25) is 10.0 Å². The van der Waals surface area contributed by atoms with Crippen molar-refractivity contribution in [3.05, 3.63) is 53.1 Å². The average Bonchev–Trinajstić information content (AvgIpc) is 2.76. The van der Waals surface area contributed by atoms with E-state index < -0.39 is 4.92 Å². The Balaban J connectivity index is 2.23. The molecule has 1 N–H and O–H groups in total. The van der Waals surface area contributed by atoms with Crippen LogP contribution in [0.1, 0.15) is 4.88 Å². The Morgan fingerprint density at radius 1 is 1.32 bits per heavy atom. The van der Waals surface area contributed by atoms with Crippen LogP contribution in [0, 0.1) is 10.1 Å². The van der Waals surface area contributed by atoms with E-state index in [0.717, 1.165) is 9.35 Å². The van der Waals surface area contributed by atoms with Crippen LogP contribution in [-0.4, -0.2) is 4.92 Å². The van der Waals surface area contributed by atoms with Crippen LogP contribution in [0.25, 0.3) is 0 Å². The number of rotatable bonds is 4. The van der Waals surface area contributed by atoms with Gasteiger partial charge >= 0.3 is 0 Å². The van der Waals surface area contributed by atoms with E-state index in [-0.39, 0.29) is 15.7 Å². The van der Waals surface area contributed by atoms with Crippen LogP contribution >= 0.6 is 50.5 Å². The van der Waals surface area contributed by atoms with E-state index in [2.05, 4.69) is 21.2 Å². The van der Waals surface area contributed by atoms with Gasteiger partial charge in [-0.25, -0.2) is 0 Å². The Bertz CT molecular complexity index is 633. The number of benzene rings is 1. The van der Waals surface area contributed by atoms with Gasteiger partial charge in [-0.3, -0.25) is 10.1 Å². The predicted molar refractivity (Wildman–Crippen MR) is 82.5 cm³/mol. The summed E-state index contributed by atoms with van der Waals surface area (Å²) in [7, 11) is 0. The lowest BCUT2D eigenvalue weighted by atomic mass is 10.2. The van der Waals surface area contributed by atoms with Gasteiger partial charge in [-0.15, -0.1) is 11.3 Å². The first-order valence-electron chi connectivity index (χ1n) is 5.07. The normalized spacial score (nSPS) is 10.5. The summed E-state index contributed by atoms with van der Waals surface area (Å²) in [5, 5.41) is 16.3. The first kappa shape index (κ1) is 14.6. The van der Waals surface area contributed by atoms with E-state index in [9.17, 15) is 10.1 Å². The third kappa shape index (κ3) is 3.60. The van der Waals surface area contributed by atoms with E-state index in [4.69, 9.17) is 23.2 Å². The summed E-state index contributed by atoms with van der Waals surface area (Å²) in [5.41, 5.74) is 0.258. The van der Waals surface area contributed by atoms with E-state index in [1.807, 2.05) is 11.4 Å². The third-order valence-electron chi connectivity index (χ3n) is 2.31. The van der Waals surface area contributed by atoms with Crippen molar-refractivity contribution in [2.24, 2.45) is 0 Å². The van der Waals surface area contributed by atoms with Crippen molar-refractivity contribution in [3.63, 3.8) is 0 Å². The zero-order valence-electron chi connectivity index (χ0n) is 9.32. The maximum Gasteiger partial charge on any atom is 0.293 e. The first-order valence-corrected chi connectivity index (χ1v) is 7.50. The number of hydrogen-bond donors (Lipinski definition) is 1. The molecule has 8 heteroatoms. The second-order valence-corrected chi connectivity index (χ2v) is 6.35. The minimum Gasteiger partial charge on any atom is -0.375 e. The van der Waals surface area contributed by atoms with Crippen LogP contribution in [-0.2, 0) is 6.54 Å². The number of thiophene rings is 1. The zero-order chi connectivity index (χ0) is 14.0. The summed E-state index contributed by atoms with van der Waals surface area (Å²) >= 11 is 16.6. The van der Waals surface area contributed by atoms with Gasteiger partial charge in [0.15, 0.2) is 0 Å². The highest BCUT2D eigenvalue weighted by Gasteiger charge is 2.16. The van der Waals surface area contributed by atoms with E-state index >= 15 is 0 Å². The Morgan fingerprint density at radius 3 is 2.58 bits per heavy atom. The minimum absolute atomic E-state index is 0.0926. The molecule has 0 aliphatic rings. The molecule has 100 valence electrons. The Hall–Kier alpha value is -0.820. The lowest BCUT2D eigenvalue weighted by Crippen LogP contribution is -2.01. The summed E-state index contributed by atoms with van der Waals surface area (Å²) in [5.74, 6) is 0. The highest BCUT2D eigenvalue weighted by molar-refractivity contribution is 9.10. The summed E-state index contributed by atoms with van der Waals surface area (Å²) in [6, 6.07) is 4.66. The SMILES string of the molecule is O=[N+]([O-])c1cc(Cl)c(Cl)cc1NCc1cc(Br)cs1. The zero-order valence-corrected chi connectivity index (χ0v) is 13.2. The van der Waals surface area contributed by atoms with Gasteiger partial charge in [0.1, 0.15) is 5.69 Å². The van der Waals surface area contributed by atoms with Gasteiger partial charge in [0.25, 0.3) is 5.69 Å². The van der Waals surface area contributed by atoms with Gasteiger partial charge in [-0.05, 0) is 28.1 Å². The smallest absolute Gasteiger partial charge is 0.293 e. The molecule has 0 radical (unpaired) electrons. The summed E-state index contributed by atoms with van der Waals surface area (Å²) in [4.78, 5) is 11.5. The summed E-state index contributed by atoms with van der Waals surface area (Å²) in [6.45, 7) is 0.481. The van der Waals surface area contributed by atoms with Crippen LogP contribution < -0.4 is 5.32 Å². The van der Waals surface area contributed by atoms with Gasteiger partial charge in [-0.1, -0.05) is 23.2 Å². The molecule has 0 saturated carbocycles. The van der Waals surface area contributed by atoms with Crippen LogP contribution in [0.5, 0.6) is 0 Å². The highest BCUT2D eigenvalue weighted by atomic mass is 79.9. The molecule has 0 unspecified atom stereocenters. The number of nitro benzene ring substituents is 1. The lowest BCUT2D eigenvalue weighted by molar-refractivity contribution is -0.383. The van der Waals surface area contributed by atoms with Gasteiger partial charge in [-0.2, -0.15) is 0 Å². The van der Waals surface area contributed by atoms with E-state index in [0.29, 0.717) is 12.2 Å². The number of hydrogen-bond acceptors (Lipinski definition) is 4. The van der Waals surface area contributed by atoms with Crippen LogP contribution in [0.3, 0.4) is 0 Å². The largest absolute Gasteiger partial charge is 0.375 e. The van der Waals surface area contributed by atoms with E-state index in [1.54, 1.807) is 11.3 Å². The number of halogens is 3. The molecule has 2 aromatic rings. The number of nitrogens with zero attached hydrogens (tertiary/aromatic N) is 1. The van der Waals surface area contributed by atoms with Crippen molar-refractivity contribution >= 4 is 61.8 Å². The molecule has 0 spiro atoms. The molecule has 0 amide bonds. The highest BCUT2D eigenvalue weighted by Crippen LogP contribution is 2.34. The van der Waals surface area contributed by atoms with Crippen molar-refractivity contribution in [2.75, 3.05) is 5.32 Å². The molecule has 2 rings (SSSR count). The standard InChI is InChI=1S/C11H7BrCl2N2O2S/c12-6-1-7(19-5-6)4-15-10-2-8(13)9(14)3-11(10)16(17)18/h1-3,5,15H,4H2. The maximum absolute atomic E-state index is 11.0. The topological polar surface area (TPSA) is 55.2 Å². The van der Waals surface area contributed by atoms with E-state index in [1.165, 1.54) is 12.1 Å². The number of anilines is 1. The molecule has 0 saturated heterocycles. The molecular formula is C11H7BrCl2N2O2S. The molecule has 4 nitrogen and oxygen atoms in total. The Kier molecular flexibility index (Phi) is 4.67. The van der Waals surface area contributed by atoms with Gasteiger partial charge in [0.2, 0.25) is 0 Å². The van der Waals surface area contributed by atoms with Gasteiger partial charge in [0, 0.05) is 27.3 Å². The van der Waals surface area contributed by atoms with Crippen molar-refractivity contribution in [2.45, 2.75) is 6.54 Å². The number of nitrogens with one attached hydrogen (secondary N) is 1. The maximum atomic E-state index is 11.0. The molecule has 19 heavy (non-hydrogen) atoms. The average molecular weight is 382 g/mol. The van der Waals surface area contributed by atoms with Crippen molar-refractivity contribution in [3.8, 4) is 0 Å². The van der Waals surface area contributed by atoms with Crippen molar-refractivity contribution in [1.29, 1.82) is 0 Å². The predicted octanol–water partition coefficient (Wildman–Crippen LogP) is 5.34. The molecular weight excluding hydrogens is 375 g/mol. The molecule has 0 aliphatic carbocycles. The second kappa shape index (κ2) is 6.09. The molecule has 0 aliphatic heterocycles.